The number of esters is 1. The summed E-state index contributed by atoms with van der Waals surface area (Å²) >= 11 is 0. The Morgan fingerprint density at radius 1 is 1.28 bits per heavy atom. The van der Waals surface area contributed by atoms with Gasteiger partial charge in [0.1, 0.15) is 5.82 Å². The van der Waals surface area contributed by atoms with E-state index < -0.39 is 17.7 Å². The van der Waals surface area contributed by atoms with Crippen LogP contribution in [-0.2, 0) is 21.4 Å². The van der Waals surface area contributed by atoms with Crippen LogP contribution in [0.1, 0.15) is 25.3 Å². The van der Waals surface area contributed by atoms with Crippen LogP contribution in [0, 0.1) is 11.8 Å². The molecule has 0 bridgehead atoms. The van der Waals surface area contributed by atoms with Gasteiger partial charge in [0.25, 0.3) is 0 Å². The average Bonchev–Trinajstić information content (AvgIpc) is 3.11. The molecule has 0 atom stereocenters. The van der Waals surface area contributed by atoms with Gasteiger partial charge >= 0.3 is 5.97 Å². The van der Waals surface area contributed by atoms with Gasteiger partial charge in [0.2, 0.25) is 5.95 Å². The Morgan fingerprint density at radius 3 is 2.59 bits per heavy atom. The third-order valence-electron chi connectivity index (χ3n) is 5.02. The van der Waals surface area contributed by atoms with Gasteiger partial charge in [0.05, 0.1) is 23.9 Å². The Bertz CT molecular complexity index is 1180. The fraction of sp³-hybridized carbons (Fsp3) is 0.208. The number of hydrogen-bond acceptors (Lipinski definition) is 5. The largest absolute Gasteiger partial charge is 0.465 e. The summed E-state index contributed by atoms with van der Waals surface area (Å²) in [6.07, 6.45) is 7.72. The Hall–Kier alpha value is -3.81. The van der Waals surface area contributed by atoms with Crippen LogP contribution in [0.4, 0.5) is 8.78 Å². The summed E-state index contributed by atoms with van der Waals surface area (Å²) in [5.74, 6) is -1.75. The molecule has 2 heterocycles. The van der Waals surface area contributed by atoms with Gasteiger partial charge in [-0.1, -0.05) is 26.0 Å². The molecule has 0 amide bonds. The molecule has 0 N–H and O–H groups in total. The number of nitrogens with zero attached hydrogens (tertiary/aromatic N) is 3. The van der Waals surface area contributed by atoms with E-state index in [1.807, 2.05) is 6.92 Å². The molecule has 0 spiro atoms. The van der Waals surface area contributed by atoms with Crippen molar-refractivity contribution in [3.8, 4) is 11.1 Å². The van der Waals surface area contributed by atoms with E-state index >= 15 is 0 Å². The second-order valence-corrected chi connectivity index (χ2v) is 7.20. The first-order valence-electron chi connectivity index (χ1n) is 9.94. The number of carbonyl (C=O) groups is 2. The lowest BCUT2D eigenvalue weighted by Gasteiger charge is -2.27. The molecule has 2 aromatic rings. The molecule has 6 nitrogen and oxygen atoms in total. The van der Waals surface area contributed by atoms with E-state index in [1.54, 1.807) is 7.05 Å². The van der Waals surface area contributed by atoms with Crippen molar-refractivity contribution < 1.29 is 23.1 Å². The molecule has 0 radical (unpaired) electrons. The third-order valence-corrected chi connectivity index (χ3v) is 5.02. The fourth-order valence-electron chi connectivity index (χ4n) is 3.59. The van der Waals surface area contributed by atoms with E-state index in [4.69, 9.17) is 4.74 Å². The maximum atomic E-state index is 14.5. The first-order valence-corrected chi connectivity index (χ1v) is 9.94. The number of ether oxygens (including phenoxy) is 1. The van der Waals surface area contributed by atoms with Gasteiger partial charge in [-0.2, -0.15) is 4.39 Å². The normalized spacial score (nSPS) is 14.2. The lowest BCUT2D eigenvalue weighted by atomic mass is 9.91. The second-order valence-electron chi connectivity index (χ2n) is 7.20. The molecule has 0 unspecified atom stereocenters. The average molecular weight is 439 g/mol. The molecule has 1 aliphatic heterocycles. The minimum Gasteiger partial charge on any atom is -0.465 e. The summed E-state index contributed by atoms with van der Waals surface area (Å²) in [6.45, 7) is 5.85. The minimum absolute atomic E-state index is 0.197. The lowest BCUT2D eigenvalue weighted by molar-refractivity contribution is -0.135. The minimum atomic E-state index is -0.697. The molecule has 0 aliphatic carbocycles. The number of methoxy groups -OCH3 is 1. The zero-order valence-electron chi connectivity index (χ0n) is 18.1. The molecule has 0 fully saturated rings. The van der Waals surface area contributed by atoms with E-state index in [1.165, 1.54) is 59.4 Å². The number of halogens is 2. The number of rotatable bonds is 7. The van der Waals surface area contributed by atoms with Gasteiger partial charge in [-0.05, 0) is 47.4 Å². The first kappa shape index (κ1) is 22.9. The van der Waals surface area contributed by atoms with E-state index in [-0.39, 0.29) is 16.8 Å². The monoisotopic (exact) mass is 439 g/mol. The summed E-state index contributed by atoms with van der Waals surface area (Å²) in [4.78, 5) is 25.6. The highest BCUT2D eigenvalue weighted by Crippen LogP contribution is 2.36. The van der Waals surface area contributed by atoms with Crippen molar-refractivity contribution in [3.05, 3.63) is 83.6 Å². The van der Waals surface area contributed by atoms with Crippen LogP contribution in [0.25, 0.3) is 16.7 Å². The van der Waals surface area contributed by atoms with Gasteiger partial charge in [0.15, 0.2) is 6.29 Å². The summed E-state index contributed by atoms with van der Waals surface area (Å²) in [5, 5.41) is 3.74. The molecule has 8 heteroatoms. The molecule has 1 aromatic carbocycles. The zero-order chi connectivity index (χ0) is 23.4. The van der Waals surface area contributed by atoms with Gasteiger partial charge in [0, 0.05) is 25.1 Å². The Morgan fingerprint density at radius 2 is 2.03 bits per heavy atom. The molecule has 3 rings (SSSR count). The number of allylic oxidation sites excluding steroid dienone is 3. The first-order chi connectivity index (χ1) is 15.3. The number of hydrogen-bond donors (Lipinski definition) is 0. The van der Waals surface area contributed by atoms with Crippen molar-refractivity contribution in [1.29, 1.82) is 0 Å². The Kier molecular flexibility index (Phi) is 6.82. The standard InChI is InChI=1S/C24H23F2N3O3/c1-5-6-19(22(14-30)29-10-9-16(11-15(29)2)24(31)32-4)20-12-17(25)7-8-18(20)21-13-28(3)27-23(21)26/h7-14H,2,5-6H2,1,3-4H3/b22-19+. The molecule has 166 valence electrons. The fourth-order valence-corrected chi connectivity index (χ4v) is 3.59. The van der Waals surface area contributed by atoms with Crippen LogP contribution < -0.4 is 0 Å². The summed E-state index contributed by atoms with van der Waals surface area (Å²) in [7, 11) is 2.86. The van der Waals surface area contributed by atoms with Crippen LogP contribution in [0.2, 0.25) is 0 Å². The molecule has 1 aromatic heterocycles. The summed E-state index contributed by atoms with van der Waals surface area (Å²) in [5.41, 5.74) is 2.35. The quantitative estimate of drug-likeness (QED) is 0.361. The maximum absolute atomic E-state index is 14.5. The van der Waals surface area contributed by atoms with Crippen LogP contribution >= 0.6 is 0 Å². The highest BCUT2D eigenvalue weighted by molar-refractivity contribution is 5.95. The zero-order valence-corrected chi connectivity index (χ0v) is 18.1. The van der Waals surface area contributed by atoms with Crippen molar-refractivity contribution in [2.24, 2.45) is 7.05 Å². The van der Waals surface area contributed by atoms with E-state index in [0.717, 1.165) is 0 Å². The molecule has 0 saturated heterocycles. The molecule has 0 saturated carbocycles. The van der Waals surface area contributed by atoms with Crippen LogP contribution in [0.3, 0.4) is 0 Å². The van der Waals surface area contributed by atoms with Gasteiger partial charge in [-0.15, -0.1) is 5.10 Å². The molecular weight excluding hydrogens is 416 g/mol. The Balaban J connectivity index is 2.20. The van der Waals surface area contributed by atoms with Crippen molar-refractivity contribution in [1.82, 2.24) is 14.7 Å². The Labute approximate surface area is 184 Å². The highest BCUT2D eigenvalue weighted by atomic mass is 19.1. The molecule has 32 heavy (non-hydrogen) atoms. The smallest absolute Gasteiger partial charge is 0.337 e. The second kappa shape index (κ2) is 9.55. The van der Waals surface area contributed by atoms with Crippen LogP contribution in [-0.4, -0.2) is 34.0 Å². The van der Waals surface area contributed by atoms with Crippen molar-refractivity contribution in [2.75, 3.05) is 7.11 Å². The highest BCUT2D eigenvalue weighted by Gasteiger charge is 2.23. The SMILES string of the molecule is C=C1C=C(C(=O)OC)C=CN1/C(C=O)=C(\CCC)c1cc(F)ccc1-c1cn(C)nc1F. The van der Waals surface area contributed by atoms with Crippen molar-refractivity contribution in [3.63, 3.8) is 0 Å². The summed E-state index contributed by atoms with van der Waals surface area (Å²) < 4.78 is 34.8. The van der Waals surface area contributed by atoms with Gasteiger partial charge < -0.3 is 9.64 Å². The van der Waals surface area contributed by atoms with E-state index in [9.17, 15) is 18.4 Å². The number of aryl methyl sites for hydroxylation is 1. The van der Waals surface area contributed by atoms with Gasteiger partial charge in [-0.25, -0.2) is 9.18 Å². The molecule has 1 aliphatic rings. The van der Waals surface area contributed by atoms with E-state index in [2.05, 4.69) is 11.7 Å². The number of aldehydes is 1. The van der Waals surface area contributed by atoms with Gasteiger partial charge in [-0.3, -0.25) is 9.48 Å². The predicted molar refractivity (Wildman–Crippen MR) is 117 cm³/mol. The summed E-state index contributed by atoms with van der Waals surface area (Å²) in [6, 6.07) is 3.99. The lowest BCUT2D eigenvalue weighted by Crippen LogP contribution is -2.21. The topological polar surface area (TPSA) is 64.4 Å². The van der Waals surface area contributed by atoms with Crippen molar-refractivity contribution >= 4 is 17.8 Å². The maximum Gasteiger partial charge on any atom is 0.337 e. The third kappa shape index (κ3) is 4.44. The molecular formula is C24H23F2N3O3. The van der Waals surface area contributed by atoms with Crippen molar-refractivity contribution in [2.45, 2.75) is 19.8 Å². The van der Waals surface area contributed by atoms with E-state index in [0.29, 0.717) is 41.5 Å². The number of aromatic nitrogens is 2. The van der Waals surface area contributed by atoms with Crippen LogP contribution in [0.5, 0.6) is 0 Å². The number of benzene rings is 1. The number of carbonyl (C=O) groups excluding carboxylic acids is 2. The predicted octanol–water partition coefficient (Wildman–Crippen LogP) is 4.52. The van der Waals surface area contributed by atoms with Crippen LogP contribution in [0.15, 0.2) is 66.3 Å².